The Morgan fingerprint density at radius 2 is 2.00 bits per heavy atom. The van der Waals surface area contributed by atoms with Crippen molar-refractivity contribution >= 4 is 11.8 Å². The highest BCUT2D eigenvalue weighted by molar-refractivity contribution is 5.80. The van der Waals surface area contributed by atoms with E-state index in [2.05, 4.69) is 64.5 Å². The van der Waals surface area contributed by atoms with Gasteiger partial charge in [-0.25, -0.2) is 4.98 Å². The molecule has 3 rings (SSSR count). The van der Waals surface area contributed by atoms with Crippen molar-refractivity contribution in [3.63, 3.8) is 0 Å². The zero-order valence-electron chi connectivity index (χ0n) is 17.3. The van der Waals surface area contributed by atoms with E-state index >= 15 is 0 Å². The predicted molar refractivity (Wildman–Crippen MR) is 116 cm³/mol. The molecule has 2 aromatic heterocycles. The number of aromatic nitrogens is 2. The van der Waals surface area contributed by atoms with Gasteiger partial charge in [-0.2, -0.15) is 0 Å². The van der Waals surface area contributed by atoms with Crippen LogP contribution in [0.4, 0.5) is 5.82 Å². The van der Waals surface area contributed by atoms with Crippen LogP contribution in [0.1, 0.15) is 36.5 Å². The van der Waals surface area contributed by atoms with Gasteiger partial charge in [-0.3, -0.25) is 9.98 Å². The van der Waals surface area contributed by atoms with Gasteiger partial charge in [0.25, 0.3) is 0 Å². The van der Waals surface area contributed by atoms with E-state index in [1.54, 1.807) is 0 Å². The van der Waals surface area contributed by atoms with Crippen LogP contribution in [0.5, 0.6) is 0 Å². The molecule has 6 nitrogen and oxygen atoms in total. The fourth-order valence-electron chi connectivity index (χ4n) is 3.48. The lowest BCUT2D eigenvalue weighted by Gasteiger charge is -2.33. The zero-order valence-corrected chi connectivity index (χ0v) is 17.3. The highest BCUT2D eigenvalue weighted by Gasteiger charge is 2.20. The molecule has 1 aliphatic heterocycles. The maximum absolute atomic E-state index is 4.78. The first kappa shape index (κ1) is 20.1. The van der Waals surface area contributed by atoms with Crippen LogP contribution in [0.3, 0.4) is 0 Å². The molecular weight excluding hydrogens is 348 g/mol. The molecule has 3 heterocycles. The Labute approximate surface area is 168 Å². The van der Waals surface area contributed by atoms with Crippen molar-refractivity contribution in [2.75, 3.05) is 31.1 Å². The van der Waals surface area contributed by atoms with Gasteiger partial charge in [-0.15, -0.1) is 0 Å². The summed E-state index contributed by atoms with van der Waals surface area (Å²) >= 11 is 0. The van der Waals surface area contributed by atoms with Crippen molar-refractivity contribution in [2.24, 2.45) is 4.99 Å². The molecule has 1 aliphatic rings. The molecule has 0 amide bonds. The van der Waals surface area contributed by atoms with Gasteiger partial charge in [0, 0.05) is 50.8 Å². The standard InChI is InChI=1S/C22H32N6/c1-4-24-22(25-12-8-19-7-11-23-16-18(19)3)27-20-9-13-28(14-10-20)21-6-5-17(2)15-26-21/h5-7,11,15-16,20H,4,8-10,12-14H2,1-3H3,(H2,24,25,27). The molecule has 2 aromatic rings. The van der Waals surface area contributed by atoms with Gasteiger partial charge in [-0.1, -0.05) is 6.07 Å². The summed E-state index contributed by atoms with van der Waals surface area (Å²) in [6.45, 7) is 9.96. The van der Waals surface area contributed by atoms with Crippen LogP contribution in [0, 0.1) is 13.8 Å². The zero-order chi connectivity index (χ0) is 19.8. The van der Waals surface area contributed by atoms with Crippen LogP contribution in [0.25, 0.3) is 0 Å². The van der Waals surface area contributed by atoms with Gasteiger partial charge >= 0.3 is 0 Å². The minimum absolute atomic E-state index is 0.446. The minimum atomic E-state index is 0.446. The van der Waals surface area contributed by atoms with E-state index in [0.717, 1.165) is 57.2 Å². The average Bonchev–Trinajstić information content (AvgIpc) is 2.71. The lowest BCUT2D eigenvalue weighted by Crippen LogP contribution is -2.49. The number of aliphatic imine (C=N–C) groups is 1. The predicted octanol–water partition coefficient (Wildman–Crippen LogP) is 2.86. The summed E-state index contributed by atoms with van der Waals surface area (Å²) in [5, 5.41) is 7.00. The Hall–Kier alpha value is -2.63. The van der Waals surface area contributed by atoms with E-state index < -0.39 is 0 Å². The Morgan fingerprint density at radius 1 is 1.18 bits per heavy atom. The fourth-order valence-corrected chi connectivity index (χ4v) is 3.48. The number of hydrogen-bond donors (Lipinski definition) is 2. The monoisotopic (exact) mass is 380 g/mol. The van der Waals surface area contributed by atoms with Crippen molar-refractivity contribution in [1.82, 2.24) is 20.6 Å². The molecule has 0 aliphatic carbocycles. The lowest BCUT2D eigenvalue weighted by atomic mass is 10.1. The smallest absolute Gasteiger partial charge is 0.191 e. The Kier molecular flexibility index (Phi) is 7.23. The van der Waals surface area contributed by atoms with Gasteiger partial charge in [0.05, 0.1) is 0 Å². The average molecular weight is 381 g/mol. The summed E-state index contributed by atoms with van der Waals surface area (Å²) in [5.74, 6) is 2.00. The molecule has 0 bridgehead atoms. The van der Waals surface area contributed by atoms with Gasteiger partial charge in [0.2, 0.25) is 0 Å². The molecule has 2 N–H and O–H groups in total. The molecular formula is C22H32N6. The number of nitrogens with zero attached hydrogens (tertiary/aromatic N) is 4. The second-order valence-electron chi connectivity index (χ2n) is 7.41. The summed E-state index contributed by atoms with van der Waals surface area (Å²) < 4.78 is 0. The lowest BCUT2D eigenvalue weighted by molar-refractivity contribution is 0.459. The third-order valence-corrected chi connectivity index (χ3v) is 5.19. The van der Waals surface area contributed by atoms with E-state index in [9.17, 15) is 0 Å². The van der Waals surface area contributed by atoms with Crippen molar-refractivity contribution in [1.29, 1.82) is 0 Å². The number of pyridine rings is 2. The number of hydrogen-bond acceptors (Lipinski definition) is 4. The molecule has 0 saturated carbocycles. The molecule has 0 unspecified atom stereocenters. The van der Waals surface area contributed by atoms with E-state index in [1.807, 2.05) is 18.6 Å². The molecule has 0 atom stereocenters. The number of guanidine groups is 1. The topological polar surface area (TPSA) is 65.4 Å². The van der Waals surface area contributed by atoms with E-state index in [-0.39, 0.29) is 0 Å². The third kappa shape index (κ3) is 5.68. The summed E-state index contributed by atoms with van der Waals surface area (Å²) in [5.41, 5.74) is 3.75. The van der Waals surface area contributed by atoms with Crippen molar-refractivity contribution < 1.29 is 0 Å². The third-order valence-electron chi connectivity index (χ3n) is 5.19. The Balaban J connectivity index is 1.50. The molecule has 28 heavy (non-hydrogen) atoms. The molecule has 0 aromatic carbocycles. The molecule has 0 spiro atoms. The van der Waals surface area contributed by atoms with Crippen LogP contribution in [-0.2, 0) is 6.42 Å². The fraction of sp³-hybridized carbons (Fsp3) is 0.500. The maximum atomic E-state index is 4.78. The van der Waals surface area contributed by atoms with Crippen LogP contribution in [0.15, 0.2) is 41.8 Å². The van der Waals surface area contributed by atoms with E-state index in [4.69, 9.17) is 4.99 Å². The van der Waals surface area contributed by atoms with E-state index in [0.29, 0.717) is 6.04 Å². The first-order chi connectivity index (χ1) is 13.7. The molecule has 6 heteroatoms. The largest absolute Gasteiger partial charge is 0.357 e. The first-order valence-electron chi connectivity index (χ1n) is 10.3. The van der Waals surface area contributed by atoms with E-state index in [1.165, 1.54) is 16.7 Å². The highest BCUT2D eigenvalue weighted by atomic mass is 15.2. The summed E-state index contributed by atoms with van der Waals surface area (Å²) in [6, 6.07) is 6.78. The van der Waals surface area contributed by atoms with Gasteiger partial charge in [-0.05, 0) is 68.9 Å². The SMILES string of the molecule is CCNC(=NCCc1ccncc1C)NC1CCN(c2ccc(C)cn2)CC1. The number of piperidine rings is 1. The normalized spacial score (nSPS) is 15.5. The Morgan fingerprint density at radius 3 is 2.68 bits per heavy atom. The van der Waals surface area contributed by atoms with Crippen LogP contribution < -0.4 is 15.5 Å². The van der Waals surface area contributed by atoms with Crippen molar-refractivity contribution in [2.45, 2.75) is 46.1 Å². The summed E-state index contributed by atoms with van der Waals surface area (Å²) in [7, 11) is 0. The molecule has 0 radical (unpaired) electrons. The van der Waals surface area contributed by atoms with Gasteiger partial charge < -0.3 is 15.5 Å². The first-order valence-corrected chi connectivity index (χ1v) is 10.3. The Bertz CT molecular complexity index is 763. The van der Waals surface area contributed by atoms with Crippen molar-refractivity contribution in [3.05, 3.63) is 53.5 Å². The highest BCUT2D eigenvalue weighted by Crippen LogP contribution is 2.18. The summed E-state index contributed by atoms with van der Waals surface area (Å²) in [6.07, 6.45) is 8.82. The van der Waals surface area contributed by atoms with Crippen molar-refractivity contribution in [3.8, 4) is 0 Å². The van der Waals surface area contributed by atoms with Crippen LogP contribution in [-0.4, -0.2) is 48.1 Å². The quantitative estimate of drug-likeness (QED) is 0.596. The number of anilines is 1. The molecule has 1 fully saturated rings. The van der Waals surface area contributed by atoms with Crippen LogP contribution >= 0.6 is 0 Å². The second-order valence-corrected chi connectivity index (χ2v) is 7.41. The number of aryl methyl sites for hydroxylation is 2. The van der Waals surface area contributed by atoms with Gasteiger partial charge in [0.15, 0.2) is 5.96 Å². The summed E-state index contributed by atoms with van der Waals surface area (Å²) in [4.78, 5) is 15.9. The minimum Gasteiger partial charge on any atom is -0.357 e. The molecule has 1 saturated heterocycles. The van der Waals surface area contributed by atoms with Gasteiger partial charge in [0.1, 0.15) is 5.82 Å². The maximum Gasteiger partial charge on any atom is 0.191 e. The number of nitrogens with one attached hydrogen (secondary N) is 2. The number of rotatable bonds is 6. The second kappa shape index (κ2) is 10.1. The van der Waals surface area contributed by atoms with Crippen LogP contribution in [0.2, 0.25) is 0 Å². The molecule has 150 valence electrons.